The van der Waals surface area contributed by atoms with E-state index < -0.39 is 0 Å². The highest BCUT2D eigenvalue weighted by Crippen LogP contribution is 2.29. The van der Waals surface area contributed by atoms with Gasteiger partial charge in [0.15, 0.2) is 0 Å². The number of aromatic nitrogens is 1. The summed E-state index contributed by atoms with van der Waals surface area (Å²) in [6, 6.07) is 7.38. The van der Waals surface area contributed by atoms with E-state index in [4.69, 9.17) is 4.74 Å². The number of hydrogen-bond acceptors (Lipinski definition) is 4. The van der Waals surface area contributed by atoms with E-state index in [2.05, 4.69) is 4.98 Å². The Balaban J connectivity index is 2.52. The number of nitrogens with zero attached hydrogens (tertiary/aromatic N) is 1. The number of carbonyl (C=O) groups excluding carboxylic acids is 1. The molecular formula is C12H11NO2S. The Labute approximate surface area is 97.7 Å². The first-order valence-corrected chi connectivity index (χ1v) is 5.64. The van der Waals surface area contributed by atoms with Crippen LogP contribution in [0.4, 0.5) is 0 Å². The zero-order valence-corrected chi connectivity index (χ0v) is 9.88. The first-order valence-electron chi connectivity index (χ1n) is 4.82. The molecule has 0 atom stereocenters. The number of thiazole rings is 1. The Hall–Kier alpha value is -1.68. The van der Waals surface area contributed by atoms with Gasteiger partial charge in [0.05, 0.1) is 22.6 Å². The molecule has 0 N–H and O–H groups in total. The van der Waals surface area contributed by atoms with Crippen LogP contribution in [0.3, 0.4) is 0 Å². The van der Waals surface area contributed by atoms with E-state index in [9.17, 15) is 4.79 Å². The van der Waals surface area contributed by atoms with Crippen LogP contribution in [0.2, 0.25) is 0 Å². The Morgan fingerprint density at radius 1 is 1.38 bits per heavy atom. The second kappa shape index (κ2) is 4.45. The van der Waals surface area contributed by atoms with Crippen LogP contribution < -0.4 is 0 Å². The van der Waals surface area contributed by atoms with Crippen molar-refractivity contribution in [2.24, 2.45) is 0 Å². The van der Waals surface area contributed by atoms with E-state index in [-0.39, 0.29) is 5.97 Å². The number of esters is 1. The van der Waals surface area contributed by atoms with E-state index >= 15 is 0 Å². The summed E-state index contributed by atoms with van der Waals surface area (Å²) < 4.78 is 4.75. The third kappa shape index (κ3) is 1.97. The first kappa shape index (κ1) is 10.8. The number of aryl methyl sites for hydroxylation is 1. The molecule has 1 aromatic heterocycles. The number of rotatable bonds is 2. The van der Waals surface area contributed by atoms with Gasteiger partial charge in [0.1, 0.15) is 0 Å². The highest BCUT2D eigenvalue weighted by Gasteiger charge is 2.13. The molecule has 1 aromatic carbocycles. The normalized spacial score (nSPS) is 10.1. The fourth-order valence-corrected chi connectivity index (χ4v) is 2.29. The number of ether oxygens (including phenoxy) is 1. The molecule has 82 valence electrons. The van der Waals surface area contributed by atoms with Crippen molar-refractivity contribution >= 4 is 17.3 Å². The van der Waals surface area contributed by atoms with Crippen LogP contribution in [0.5, 0.6) is 0 Å². The summed E-state index contributed by atoms with van der Waals surface area (Å²) in [5.74, 6) is -0.318. The van der Waals surface area contributed by atoms with Crippen LogP contribution in [-0.2, 0) is 4.74 Å². The molecule has 0 radical (unpaired) electrons. The van der Waals surface area contributed by atoms with Gasteiger partial charge in [0.25, 0.3) is 0 Å². The minimum Gasteiger partial charge on any atom is -0.465 e. The predicted molar refractivity (Wildman–Crippen MR) is 63.6 cm³/mol. The van der Waals surface area contributed by atoms with Crippen molar-refractivity contribution in [3.63, 3.8) is 0 Å². The summed E-state index contributed by atoms with van der Waals surface area (Å²) in [6.45, 7) is 1.94. The van der Waals surface area contributed by atoms with E-state index in [1.165, 1.54) is 7.11 Å². The second-order valence-electron chi connectivity index (χ2n) is 3.28. The topological polar surface area (TPSA) is 39.2 Å². The molecule has 2 aromatic rings. The molecule has 0 saturated heterocycles. The van der Waals surface area contributed by atoms with Gasteiger partial charge >= 0.3 is 5.97 Å². The van der Waals surface area contributed by atoms with Crippen molar-refractivity contribution in [3.05, 3.63) is 41.0 Å². The number of carbonyl (C=O) groups is 1. The average molecular weight is 233 g/mol. The summed E-state index contributed by atoms with van der Waals surface area (Å²) in [7, 11) is 1.39. The number of benzene rings is 1. The summed E-state index contributed by atoms with van der Waals surface area (Å²) in [6.07, 6.45) is 1.78. The summed E-state index contributed by atoms with van der Waals surface area (Å²) >= 11 is 1.56. The fraction of sp³-hybridized carbons (Fsp3) is 0.167. The SMILES string of the molecule is COC(=O)c1ccccc1-c1cnc(C)s1. The standard InChI is InChI=1S/C12H11NO2S/c1-8-13-7-11(16-8)9-5-3-4-6-10(9)12(14)15-2/h3-7H,1-2H3. The Morgan fingerprint density at radius 2 is 2.12 bits per heavy atom. The van der Waals surface area contributed by atoms with Gasteiger partial charge in [-0.1, -0.05) is 18.2 Å². The van der Waals surface area contributed by atoms with Gasteiger partial charge in [-0.3, -0.25) is 0 Å². The van der Waals surface area contributed by atoms with Crippen molar-refractivity contribution in [1.29, 1.82) is 0 Å². The van der Waals surface area contributed by atoms with Crippen molar-refractivity contribution in [1.82, 2.24) is 4.98 Å². The van der Waals surface area contributed by atoms with Crippen LogP contribution >= 0.6 is 11.3 Å². The van der Waals surface area contributed by atoms with Crippen LogP contribution in [0.1, 0.15) is 15.4 Å². The maximum absolute atomic E-state index is 11.6. The lowest BCUT2D eigenvalue weighted by Gasteiger charge is -2.04. The molecule has 16 heavy (non-hydrogen) atoms. The van der Waals surface area contributed by atoms with Crippen LogP contribution in [0, 0.1) is 6.92 Å². The molecule has 0 saturated carbocycles. The van der Waals surface area contributed by atoms with Gasteiger partial charge in [-0.15, -0.1) is 11.3 Å². The fourth-order valence-electron chi connectivity index (χ4n) is 1.47. The maximum Gasteiger partial charge on any atom is 0.338 e. The lowest BCUT2D eigenvalue weighted by Crippen LogP contribution is -2.02. The molecule has 0 unspecified atom stereocenters. The molecule has 0 aliphatic rings. The quantitative estimate of drug-likeness (QED) is 0.749. The molecule has 0 amide bonds. The van der Waals surface area contributed by atoms with Crippen molar-refractivity contribution in [2.45, 2.75) is 6.92 Å². The Kier molecular flexibility index (Phi) is 3.01. The molecule has 0 spiro atoms. The first-order chi connectivity index (χ1) is 7.72. The number of methoxy groups -OCH3 is 1. The molecule has 0 fully saturated rings. The third-order valence-corrected chi connectivity index (χ3v) is 3.17. The average Bonchev–Trinajstić information content (AvgIpc) is 2.75. The number of hydrogen-bond donors (Lipinski definition) is 0. The molecular weight excluding hydrogens is 222 g/mol. The third-order valence-electron chi connectivity index (χ3n) is 2.22. The zero-order valence-electron chi connectivity index (χ0n) is 9.06. The van der Waals surface area contributed by atoms with Crippen molar-refractivity contribution in [3.8, 4) is 10.4 Å². The van der Waals surface area contributed by atoms with E-state index in [1.54, 1.807) is 23.6 Å². The predicted octanol–water partition coefficient (Wildman–Crippen LogP) is 2.91. The van der Waals surface area contributed by atoms with E-state index in [0.29, 0.717) is 5.56 Å². The van der Waals surface area contributed by atoms with Crippen LogP contribution in [0.25, 0.3) is 10.4 Å². The van der Waals surface area contributed by atoms with Gasteiger partial charge in [-0.05, 0) is 13.0 Å². The minimum absolute atomic E-state index is 0.318. The largest absolute Gasteiger partial charge is 0.465 e. The maximum atomic E-state index is 11.6. The van der Waals surface area contributed by atoms with Crippen LogP contribution in [-0.4, -0.2) is 18.1 Å². The highest BCUT2D eigenvalue weighted by atomic mass is 32.1. The summed E-state index contributed by atoms with van der Waals surface area (Å²) in [4.78, 5) is 16.7. The zero-order chi connectivity index (χ0) is 11.5. The van der Waals surface area contributed by atoms with Gasteiger partial charge in [-0.25, -0.2) is 9.78 Å². The molecule has 4 heteroatoms. The van der Waals surface area contributed by atoms with Crippen molar-refractivity contribution < 1.29 is 9.53 Å². The van der Waals surface area contributed by atoms with Gasteiger partial charge in [0, 0.05) is 11.8 Å². The molecule has 0 bridgehead atoms. The summed E-state index contributed by atoms with van der Waals surface area (Å²) in [5, 5.41) is 0.981. The molecule has 3 nitrogen and oxygen atoms in total. The van der Waals surface area contributed by atoms with E-state index in [0.717, 1.165) is 15.4 Å². The van der Waals surface area contributed by atoms with Gasteiger partial charge < -0.3 is 4.74 Å². The summed E-state index contributed by atoms with van der Waals surface area (Å²) in [5.41, 5.74) is 1.45. The second-order valence-corrected chi connectivity index (χ2v) is 4.52. The van der Waals surface area contributed by atoms with Crippen molar-refractivity contribution in [2.75, 3.05) is 7.11 Å². The highest BCUT2D eigenvalue weighted by molar-refractivity contribution is 7.15. The smallest absolute Gasteiger partial charge is 0.338 e. The molecule has 2 rings (SSSR count). The molecule has 0 aliphatic heterocycles. The Bertz CT molecular complexity index is 519. The van der Waals surface area contributed by atoms with E-state index in [1.807, 2.05) is 25.1 Å². The van der Waals surface area contributed by atoms with Crippen LogP contribution in [0.15, 0.2) is 30.5 Å². The monoisotopic (exact) mass is 233 g/mol. The van der Waals surface area contributed by atoms with Gasteiger partial charge in [0.2, 0.25) is 0 Å². The molecule has 1 heterocycles. The minimum atomic E-state index is -0.318. The lowest BCUT2D eigenvalue weighted by atomic mass is 10.1. The lowest BCUT2D eigenvalue weighted by molar-refractivity contribution is 0.0601. The Morgan fingerprint density at radius 3 is 2.75 bits per heavy atom. The molecule has 0 aliphatic carbocycles. The van der Waals surface area contributed by atoms with Gasteiger partial charge in [-0.2, -0.15) is 0 Å².